The molecular formula is C18H26N2O4S2. The quantitative estimate of drug-likeness (QED) is 0.233. The molecule has 1 fully saturated rings. The Morgan fingerprint density at radius 2 is 1.81 bits per heavy atom. The number of sulfone groups is 1. The van der Waals surface area contributed by atoms with E-state index in [1.54, 1.807) is 0 Å². The fourth-order valence-corrected chi connectivity index (χ4v) is 6.93. The van der Waals surface area contributed by atoms with E-state index in [0.717, 1.165) is 18.4 Å². The lowest BCUT2D eigenvalue weighted by Gasteiger charge is -2.27. The SMILES string of the molecule is CCC1=C(CC)C(CC)C(=S(=O)=O)C=C1S(=O)(=O)C(=[N+]=[N-])C1CCCC1. The van der Waals surface area contributed by atoms with Gasteiger partial charge in [0.05, 0.1) is 15.7 Å². The number of hydrogen-bond donors (Lipinski definition) is 0. The van der Waals surface area contributed by atoms with Gasteiger partial charge in [0.15, 0.2) is 0 Å². The highest BCUT2D eigenvalue weighted by atomic mass is 32.2. The summed E-state index contributed by atoms with van der Waals surface area (Å²) in [5.74, 6) is -0.604. The lowest BCUT2D eigenvalue weighted by Crippen LogP contribution is -2.30. The van der Waals surface area contributed by atoms with Crippen LogP contribution >= 0.6 is 0 Å². The molecule has 0 spiro atoms. The molecule has 0 aromatic rings. The molecule has 0 aliphatic heterocycles. The first-order valence-corrected chi connectivity index (χ1v) is 11.8. The maximum Gasteiger partial charge on any atom is 0.388 e. The average Bonchev–Trinajstić information content (AvgIpc) is 3.13. The van der Waals surface area contributed by atoms with E-state index in [2.05, 4.69) is 4.79 Å². The lowest BCUT2D eigenvalue weighted by molar-refractivity contribution is -0.00727. The molecule has 0 radical (unpaired) electrons. The first-order chi connectivity index (χ1) is 12.3. The average molecular weight is 399 g/mol. The first kappa shape index (κ1) is 20.8. The van der Waals surface area contributed by atoms with Gasteiger partial charge in [-0.25, -0.2) is 8.42 Å². The summed E-state index contributed by atoms with van der Waals surface area (Å²) in [7, 11) is -6.56. The Bertz CT molecular complexity index is 920. The van der Waals surface area contributed by atoms with Crippen molar-refractivity contribution in [2.75, 3.05) is 0 Å². The number of rotatable bonds is 5. The topological polar surface area (TPSA) is 105 Å². The van der Waals surface area contributed by atoms with Gasteiger partial charge in [-0.05, 0) is 43.8 Å². The highest BCUT2D eigenvalue weighted by molar-refractivity contribution is 8.09. The Morgan fingerprint density at radius 1 is 1.19 bits per heavy atom. The van der Waals surface area contributed by atoms with Crippen molar-refractivity contribution < 1.29 is 21.6 Å². The van der Waals surface area contributed by atoms with E-state index in [9.17, 15) is 22.4 Å². The summed E-state index contributed by atoms with van der Waals surface area (Å²) in [5.41, 5.74) is 11.0. The van der Waals surface area contributed by atoms with Crippen molar-refractivity contribution in [3.63, 3.8) is 0 Å². The van der Waals surface area contributed by atoms with E-state index in [-0.39, 0.29) is 26.6 Å². The van der Waals surface area contributed by atoms with E-state index in [4.69, 9.17) is 0 Å². The van der Waals surface area contributed by atoms with Gasteiger partial charge in [0, 0.05) is 5.92 Å². The number of nitrogens with zero attached hydrogens (tertiary/aromatic N) is 2. The second-order valence-electron chi connectivity index (χ2n) is 6.74. The van der Waals surface area contributed by atoms with Gasteiger partial charge < -0.3 is 5.53 Å². The lowest BCUT2D eigenvalue weighted by atomic mass is 9.82. The Labute approximate surface area is 157 Å². The molecule has 0 amide bonds. The zero-order valence-corrected chi connectivity index (χ0v) is 17.2. The Kier molecular flexibility index (Phi) is 6.77. The Balaban J connectivity index is 2.73. The van der Waals surface area contributed by atoms with Crippen LogP contribution in [0.4, 0.5) is 0 Å². The minimum absolute atomic E-state index is 0.0135. The molecule has 0 N–H and O–H groups in total. The van der Waals surface area contributed by atoms with Crippen LogP contribution in [0.25, 0.3) is 5.53 Å². The monoisotopic (exact) mass is 398 g/mol. The Hall–Kier alpha value is -1.50. The second-order valence-corrected chi connectivity index (χ2v) is 9.55. The fourth-order valence-electron chi connectivity index (χ4n) is 4.21. The van der Waals surface area contributed by atoms with Crippen LogP contribution in [-0.4, -0.2) is 31.5 Å². The smallest absolute Gasteiger partial charge is 0.360 e. The molecule has 0 heterocycles. The number of allylic oxidation sites excluding steroid dienone is 3. The first-order valence-electron chi connectivity index (χ1n) is 9.20. The third-order valence-corrected chi connectivity index (χ3v) is 8.12. The van der Waals surface area contributed by atoms with Crippen molar-refractivity contribution in [3.05, 3.63) is 27.7 Å². The Morgan fingerprint density at radius 3 is 2.23 bits per heavy atom. The molecule has 6 nitrogen and oxygen atoms in total. The minimum Gasteiger partial charge on any atom is -0.360 e. The molecule has 8 heteroatoms. The van der Waals surface area contributed by atoms with Gasteiger partial charge in [0.1, 0.15) is 0 Å². The van der Waals surface area contributed by atoms with Crippen molar-refractivity contribution in [1.29, 1.82) is 0 Å². The molecule has 2 aliphatic rings. The molecule has 2 aliphatic carbocycles. The summed E-state index contributed by atoms with van der Waals surface area (Å²) in [6.07, 6.45) is 6.05. The van der Waals surface area contributed by atoms with Crippen LogP contribution in [0.3, 0.4) is 0 Å². The summed E-state index contributed by atoms with van der Waals surface area (Å²) in [6, 6.07) is 0. The predicted molar refractivity (Wildman–Crippen MR) is 103 cm³/mol. The molecular weight excluding hydrogens is 372 g/mol. The summed E-state index contributed by atoms with van der Waals surface area (Å²) in [5, 5.41) is -0.228. The molecule has 1 atom stereocenters. The zero-order valence-electron chi connectivity index (χ0n) is 15.5. The van der Waals surface area contributed by atoms with E-state index in [0.29, 0.717) is 37.7 Å². The van der Waals surface area contributed by atoms with E-state index in [1.807, 2.05) is 20.8 Å². The van der Waals surface area contributed by atoms with Crippen LogP contribution in [0.2, 0.25) is 0 Å². The van der Waals surface area contributed by atoms with Crippen LogP contribution in [0.5, 0.6) is 0 Å². The highest BCUT2D eigenvalue weighted by Gasteiger charge is 2.43. The third-order valence-electron chi connectivity index (χ3n) is 5.43. The van der Waals surface area contributed by atoms with Crippen LogP contribution < -0.4 is 0 Å². The van der Waals surface area contributed by atoms with Gasteiger partial charge in [0.25, 0.3) is 9.84 Å². The molecule has 1 saturated carbocycles. The van der Waals surface area contributed by atoms with E-state index >= 15 is 0 Å². The predicted octanol–water partition coefficient (Wildman–Crippen LogP) is 3.31. The normalized spacial score (nSPS) is 21.6. The molecule has 0 saturated heterocycles. The molecule has 1 unspecified atom stereocenters. The molecule has 0 aromatic heterocycles. The van der Waals surface area contributed by atoms with Gasteiger partial charge in [0.2, 0.25) is 10.3 Å². The van der Waals surface area contributed by atoms with Crippen LogP contribution in [0, 0.1) is 11.8 Å². The van der Waals surface area contributed by atoms with Gasteiger partial charge in [-0.1, -0.05) is 39.2 Å². The molecule has 0 bridgehead atoms. The fraction of sp³-hybridized carbons (Fsp3) is 0.667. The van der Waals surface area contributed by atoms with Gasteiger partial charge in [-0.15, -0.1) is 0 Å². The molecule has 26 heavy (non-hydrogen) atoms. The van der Waals surface area contributed by atoms with E-state index in [1.165, 1.54) is 6.08 Å². The maximum atomic E-state index is 13.3. The van der Waals surface area contributed by atoms with Crippen LogP contribution in [0.15, 0.2) is 22.1 Å². The largest absolute Gasteiger partial charge is 0.388 e. The van der Waals surface area contributed by atoms with Crippen molar-refractivity contribution in [2.45, 2.75) is 65.7 Å². The van der Waals surface area contributed by atoms with E-state index < -0.39 is 20.1 Å². The summed E-state index contributed by atoms with van der Waals surface area (Å²) in [6.45, 7) is 5.67. The van der Waals surface area contributed by atoms with Crippen LogP contribution in [0.1, 0.15) is 65.7 Å². The van der Waals surface area contributed by atoms with Gasteiger partial charge >= 0.3 is 5.04 Å². The van der Waals surface area contributed by atoms with Crippen molar-refractivity contribution in [1.82, 2.24) is 0 Å². The number of hydrogen-bond acceptors (Lipinski definition) is 4. The van der Waals surface area contributed by atoms with Crippen molar-refractivity contribution in [2.24, 2.45) is 11.8 Å². The highest BCUT2D eigenvalue weighted by Crippen LogP contribution is 2.39. The zero-order chi connectivity index (χ0) is 19.5. The van der Waals surface area contributed by atoms with Crippen molar-refractivity contribution >= 4 is 30.0 Å². The summed E-state index contributed by atoms with van der Waals surface area (Å²) >= 11 is 0. The van der Waals surface area contributed by atoms with Crippen molar-refractivity contribution in [3.8, 4) is 0 Å². The van der Waals surface area contributed by atoms with Gasteiger partial charge in [-0.2, -0.15) is 13.2 Å². The third kappa shape index (κ3) is 3.63. The molecule has 0 aromatic carbocycles. The minimum atomic E-state index is -4.05. The summed E-state index contributed by atoms with van der Waals surface area (Å²) < 4.78 is 50.1. The maximum absolute atomic E-state index is 13.3. The standard InChI is InChI=1S/C18H26N2O4S2/c1-4-13-14(5-2)16(25(21)22)11-17(15(13)6-3)26(23,24)18(20-19)12-9-7-8-10-12/h11-12,14H,4-10H2,1-3H3. The van der Waals surface area contributed by atoms with Crippen LogP contribution in [-0.2, 0) is 20.1 Å². The molecule has 144 valence electrons. The second kappa shape index (κ2) is 8.46. The molecule has 2 rings (SSSR count). The summed E-state index contributed by atoms with van der Waals surface area (Å²) in [4.78, 5) is 3.23. The van der Waals surface area contributed by atoms with Gasteiger partial charge in [-0.3, -0.25) is 0 Å².